The number of aliphatic hydroxyl groups is 1. The van der Waals surface area contributed by atoms with Crippen molar-refractivity contribution in [3.8, 4) is 0 Å². The van der Waals surface area contributed by atoms with Gasteiger partial charge in [0.15, 0.2) is 5.35 Å². The number of imidazole rings is 1. The molecule has 0 aliphatic heterocycles. The monoisotopic (exact) mass is 280 g/mol. The van der Waals surface area contributed by atoms with Gasteiger partial charge in [0.1, 0.15) is 10.8 Å². The number of alkyl halides is 3. The molecule has 0 aliphatic rings. The lowest BCUT2D eigenvalue weighted by Gasteiger charge is -2.01. The maximum atomic E-state index is 12.3. The molecule has 18 heavy (non-hydrogen) atoms. The average Bonchev–Trinajstić information content (AvgIpc) is 2.53. The molecule has 0 saturated heterocycles. The summed E-state index contributed by atoms with van der Waals surface area (Å²) in [4.78, 5) is 17.0. The van der Waals surface area contributed by atoms with E-state index in [4.69, 9.17) is 22.1 Å². The first-order valence-electron chi connectivity index (χ1n) is 4.38. The highest BCUT2D eigenvalue weighted by atomic mass is 35.5. The van der Waals surface area contributed by atoms with E-state index in [-0.39, 0.29) is 10.8 Å². The Bertz CT molecular complexity index is 791. The lowest BCUT2D eigenvalue weighted by Crippen LogP contribution is -2.36. The first-order valence-corrected chi connectivity index (χ1v) is 4.76. The van der Waals surface area contributed by atoms with Gasteiger partial charge in [-0.2, -0.15) is 13.2 Å². The number of hydrogen-bond acceptors (Lipinski definition) is 4. The van der Waals surface area contributed by atoms with Gasteiger partial charge in [0, 0.05) is 6.07 Å². The predicted octanol–water partition coefficient (Wildman–Crippen LogP) is 0.103. The van der Waals surface area contributed by atoms with Crippen LogP contribution in [0.4, 0.5) is 13.2 Å². The fourth-order valence-corrected chi connectivity index (χ4v) is 1.55. The summed E-state index contributed by atoms with van der Waals surface area (Å²) in [5.74, 6) is -2.06. The first-order chi connectivity index (χ1) is 8.21. The van der Waals surface area contributed by atoms with Crippen molar-refractivity contribution in [1.82, 2.24) is 14.4 Å². The van der Waals surface area contributed by atoms with Gasteiger partial charge < -0.3 is 10.1 Å². The van der Waals surface area contributed by atoms with Crippen molar-refractivity contribution < 1.29 is 18.3 Å². The molecule has 10 heteroatoms. The summed E-state index contributed by atoms with van der Waals surface area (Å²) in [5, 5.41) is 15.0. The second-order valence-corrected chi connectivity index (χ2v) is 3.66. The van der Waals surface area contributed by atoms with Gasteiger partial charge in [-0.3, -0.25) is 10.2 Å². The number of nitrogens with zero attached hydrogens (tertiary/aromatic N) is 2. The molecule has 3 N–H and O–H groups in total. The number of rotatable bonds is 0. The van der Waals surface area contributed by atoms with Crippen molar-refractivity contribution in [3.05, 3.63) is 32.5 Å². The van der Waals surface area contributed by atoms with Crippen LogP contribution in [0.2, 0.25) is 5.15 Å². The second kappa shape index (κ2) is 3.73. The van der Waals surface area contributed by atoms with Crippen LogP contribution in [0.15, 0.2) is 10.9 Å². The number of aromatic amines is 1. The molecule has 2 rings (SSSR count). The summed E-state index contributed by atoms with van der Waals surface area (Å²) < 4.78 is 37.4. The van der Waals surface area contributed by atoms with E-state index in [1.165, 1.54) is 0 Å². The summed E-state index contributed by atoms with van der Waals surface area (Å²) in [6, 6.07) is 1.06. The highest BCUT2D eigenvalue weighted by Crippen LogP contribution is 2.22. The molecule has 0 atom stereocenters. The summed E-state index contributed by atoms with van der Waals surface area (Å²) in [5.41, 5.74) is -2.04. The molecule has 2 aromatic rings. The Labute approximate surface area is 100 Å². The lowest BCUT2D eigenvalue weighted by atomic mass is 10.4. The zero-order valence-electron chi connectivity index (χ0n) is 8.34. The molecule has 0 aromatic carbocycles. The van der Waals surface area contributed by atoms with Crippen molar-refractivity contribution in [2.75, 3.05) is 0 Å². The number of halogens is 4. The fourth-order valence-electron chi connectivity index (χ4n) is 1.37. The van der Waals surface area contributed by atoms with E-state index in [1.54, 1.807) is 0 Å². The smallest absolute Gasteiger partial charge is 0.451 e. The standard InChI is InChI=1S/C8H4ClF3N4O2/c9-2-1-3-15-4(5(17)8(10,11)12)6(18)16(3)7(13)14-2/h1,13,15,17H/b5-4+,13-7?. The van der Waals surface area contributed by atoms with Gasteiger partial charge in [-0.1, -0.05) is 11.6 Å². The van der Waals surface area contributed by atoms with E-state index in [1.807, 2.05) is 0 Å². The molecule has 0 fully saturated rings. The summed E-state index contributed by atoms with van der Waals surface area (Å²) in [6.45, 7) is 0. The molecule has 0 amide bonds. The van der Waals surface area contributed by atoms with Crippen LogP contribution in [-0.4, -0.2) is 25.7 Å². The molecule has 2 heterocycles. The van der Waals surface area contributed by atoms with Crippen LogP contribution < -0.4 is 16.5 Å². The van der Waals surface area contributed by atoms with Gasteiger partial charge >= 0.3 is 6.18 Å². The normalized spacial score (nSPS) is 14.0. The summed E-state index contributed by atoms with van der Waals surface area (Å²) in [6.07, 6.45) is -5.07. The third-order valence-electron chi connectivity index (χ3n) is 2.10. The van der Waals surface area contributed by atoms with Crippen LogP contribution in [-0.2, 0) is 0 Å². The predicted molar refractivity (Wildman–Crippen MR) is 54.0 cm³/mol. The Balaban J connectivity index is 3.03. The van der Waals surface area contributed by atoms with E-state index in [2.05, 4.69) is 9.97 Å². The van der Waals surface area contributed by atoms with Crippen molar-refractivity contribution in [2.24, 2.45) is 0 Å². The van der Waals surface area contributed by atoms with E-state index >= 15 is 0 Å². The molecule has 96 valence electrons. The minimum Gasteiger partial charge on any atom is -0.503 e. The van der Waals surface area contributed by atoms with Crippen molar-refractivity contribution in [1.29, 1.82) is 5.41 Å². The maximum Gasteiger partial charge on any atom is 0.451 e. The van der Waals surface area contributed by atoms with Gasteiger partial charge in [-0.25, -0.2) is 9.38 Å². The minimum atomic E-state index is -5.07. The number of H-pyrrole nitrogens is 1. The molecule has 0 radical (unpaired) electrons. The Morgan fingerprint density at radius 1 is 1.56 bits per heavy atom. The topological polar surface area (TPSA) is 94.2 Å². The van der Waals surface area contributed by atoms with E-state index in [9.17, 15) is 18.0 Å². The van der Waals surface area contributed by atoms with Gasteiger partial charge in [0.05, 0.1) is 0 Å². The number of aliphatic hydroxyl groups excluding tert-OH is 1. The molecule has 0 saturated carbocycles. The summed E-state index contributed by atoms with van der Waals surface area (Å²) >= 11 is 5.50. The van der Waals surface area contributed by atoms with Crippen molar-refractivity contribution in [3.63, 3.8) is 0 Å². The van der Waals surface area contributed by atoms with Crippen LogP contribution in [0, 0.1) is 5.41 Å². The second-order valence-electron chi connectivity index (χ2n) is 3.27. The lowest BCUT2D eigenvalue weighted by molar-refractivity contribution is -0.0899. The van der Waals surface area contributed by atoms with Crippen LogP contribution >= 0.6 is 11.6 Å². The number of hydrogen-bond donors (Lipinski definition) is 3. The quantitative estimate of drug-likeness (QED) is 0.598. The zero-order chi connectivity index (χ0) is 13.7. The SMILES string of the molecule is N=c1nc(Cl)cc2[nH]/c(=C(/O)C(F)(F)F)c(=O)n12. The number of fused-ring (bicyclic) bond motifs is 1. The van der Waals surface area contributed by atoms with Crippen molar-refractivity contribution >= 4 is 23.0 Å². The van der Waals surface area contributed by atoms with Gasteiger partial charge in [-0.05, 0) is 0 Å². The molecule has 0 bridgehead atoms. The number of nitrogens with one attached hydrogen (secondary N) is 2. The third-order valence-corrected chi connectivity index (χ3v) is 2.29. The molecule has 0 aliphatic carbocycles. The Hall–Kier alpha value is -2.03. The van der Waals surface area contributed by atoms with E-state index in [0.717, 1.165) is 6.07 Å². The van der Waals surface area contributed by atoms with Crippen LogP contribution in [0.1, 0.15) is 0 Å². The van der Waals surface area contributed by atoms with Gasteiger partial charge in [0.25, 0.3) is 5.56 Å². The van der Waals surface area contributed by atoms with Gasteiger partial charge in [0.2, 0.25) is 11.4 Å². The largest absolute Gasteiger partial charge is 0.503 e. The molecule has 6 nitrogen and oxygen atoms in total. The highest BCUT2D eigenvalue weighted by molar-refractivity contribution is 6.29. The Kier molecular flexibility index (Phi) is 2.58. The molecular weight excluding hydrogens is 277 g/mol. The van der Waals surface area contributed by atoms with Crippen LogP contribution in [0.25, 0.3) is 11.4 Å². The Morgan fingerprint density at radius 3 is 2.72 bits per heavy atom. The maximum absolute atomic E-state index is 12.3. The molecule has 2 aromatic heterocycles. The van der Waals surface area contributed by atoms with Crippen LogP contribution in [0.3, 0.4) is 0 Å². The Morgan fingerprint density at radius 2 is 2.17 bits per heavy atom. The first kappa shape index (κ1) is 12.4. The van der Waals surface area contributed by atoms with E-state index in [0.29, 0.717) is 4.40 Å². The molecular formula is C8H4ClF3N4O2. The fraction of sp³-hybridized carbons (Fsp3) is 0.125. The number of aromatic nitrogens is 3. The molecule has 0 unspecified atom stereocenters. The minimum absolute atomic E-state index is 0.167. The average molecular weight is 281 g/mol. The van der Waals surface area contributed by atoms with Gasteiger partial charge in [-0.15, -0.1) is 0 Å². The zero-order valence-corrected chi connectivity index (χ0v) is 9.10. The highest BCUT2D eigenvalue weighted by Gasteiger charge is 2.36. The summed E-state index contributed by atoms with van der Waals surface area (Å²) in [7, 11) is 0. The molecule has 0 spiro atoms. The van der Waals surface area contributed by atoms with Crippen LogP contribution in [0.5, 0.6) is 0 Å². The third kappa shape index (κ3) is 1.82. The van der Waals surface area contributed by atoms with Crippen molar-refractivity contribution in [2.45, 2.75) is 6.18 Å². The van der Waals surface area contributed by atoms with E-state index < -0.39 is 28.5 Å².